The van der Waals surface area contributed by atoms with Gasteiger partial charge in [0.25, 0.3) is 0 Å². The number of alkyl halides is 1. The second-order valence-electron chi connectivity index (χ2n) is 3.95. The maximum atomic E-state index is 5.66. The van der Waals surface area contributed by atoms with Crippen molar-refractivity contribution in [1.29, 1.82) is 0 Å². The van der Waals surface area contributed by atoms with Crippen molar-refractivity contribution in [2.45, 2.75) is 12.8 Å². The zero-order chi connectivity index (χ0) is 12.4. The van der Waals surface area contributed by atoms with E-state index in [2.05, 4.69) is 10.1 Å². The van der Waals surface area contributed by atoms with Gasteiger partial charge in [-0.1, -0.05) is 23.4 Å². The minimum atomic E-state index is 0.482. The molecule has 5 heteroatoms. The van der Waals surface area contributed by atoms with Crippen LogP contribution in [0.4, 0.5) is 0 Å². The Balaban J connectivity index is 1.91. The van der Waals surface area contributed by atoms with Crippen molar-refractivity contribution in [2.24, 2.45) is 0 Å². The summed E-state index contributed by atoms with van der Waals surface area (Å²) in [6.07, 6.45) is 1.51. The third-order valence-electron chi connectivity index (χ3n) is 2.64. The summed E-state index contributed by atoms with van der Waals surface area (Å²) in [6.45, 7) is 0. The Morgan fingerprint density at radius 3 is 2.94 bits per heavy atom. The number of nitrogens with zero attached hydrogens (tertiary/aromatic N) is 2. The lowest BCUT2D eigenvalue weighted by molar-refractivity contribution is 0.377. The molecule has 0 radical (unpaired) electrons. The number of rotatable bonds is 4. The first-order valence-electron chi connectivity index (χ1n) is 5.74. The molecule has 0 aliphatic carbocycles. The summed E-state index contributed by atoms with van der Waals surface area (Å²) in [6, 6.07) is 9.69. The van der Waals surface area contributed by atoms with E-state index in [4.69, 9.17) is 20.5 Å². The van der Waals surface area contributed by atoms with Crippen LogP contribution in [0.2, 0.25) is 0 Å². The molecule has 18 heavy (non-hydrogen) atoms. The Hall–Kier alpha value is -1.81. The molecule has 0 saturated carbocycles. The third kappa shape index (κ3) is 2.11. The average Bonchev–Trinajstić information content (AvgIpc) is 3.02. The number of aromatic nitrogens is 2. The molecule has 0 aliphatic rings. The second-order valence-corrected chi connectivity index (χ2v) is 4.33. The Labute approximate surface area is 109 Å². The number of halogens is 1. The molecule has 0 bridgehead atoms. The molecule has 0 fully saturated rings. The number of furan rings is 1. The fraction of sp³-hybridized carbons (Fsp3) is 0.231. The van der Waals surface area contributed by atoms with Crippen LogP contribution >= 0.6 is 11.6 Å². The van der Waals surface area contributed by atoms with E-state index in [1.807, 2.05) is 30.3 Å². The van der Waals surface area contributed by atoms with E-state index in [0.717, 1.165) is 17.4 Å². The fourth-order valence-corrected chi connectivity index (χ4v) is 1.90. The Morgan fingerprint density at radius 1 is 1.22 bits per heavy atom. The summed E-state index contributed by atoms with van der Waals surface area (Å²) in [5, 5.41) is 4.94. The van der Waals surface area contributed by atoms with Crippen LogP contribution < -0.4 is 0 Å². The number of hydrogen-bond donors (Lipinski definition) is 0. The first kappa shape index (κ1) is 11.3. The van der Waals surface area contributed by atoms with Gasteiger partial charge in [-0.3, -0.25) is 0 Å². The molecule has 0 unspecified atom stereocenters. The zero-order valence-electron chi connectivity index (χ0n) is 9.60. The van der Waals surface area contributed by atoms with E-state index in [-0.39, 0.29) is 0 Å². The van der Waals surface area contributed by atoms with Gasteiger partial charge in [0.2, 0.25) is 11.7 Å². The third-order valence-corrected chi connectivity index (χ3v) is 2.91. The topological polar surface area (TPSA) is 52.1 Å². The number of hydrogen-bond acceptors (Lipinski definition) is 4. The average molecular weight is 263 g/mol. The van der Waals surface area contributed by atoms with Crippen LogP contribution in [0.25, 0.3) is 22.6 Å². The second kappa shape index (κ2) is 4.82. The first-order chi connectivity index (χ1) is 8.86. The van der Waals surface area contributed by atoms with Gasteiger partial charge in [-0.2, -0.15) is 4.98 Å². The van der Waals surface area contributed by atoms with Crippen molar-refractivity contribution < 1.29 is 8.94 Å². The van der Waals surface area contributed by atoms with Gasteiger partial charge in [0.1, 0.15) is 5.58 Å². The lowest BCUT2D eigenvalue weighted by atomic mass is 10.2. The maximum absolute atomic E-state index is 5.66. The minimum absolute atomic E-state index is 0.482. The molecule has 92 valence electrons. The van der Waals surface area contributed by atoms with Crippen molar-refractivity contribution in [3.05, 3.63) is 36.2 Å². The van der Waals surface area contributed by atoms with Gasteiger partial charge in [-0.25, -0.2) is 0 Å². The Kier molecular flexibility index (Phi) is 3.02. The van der Waals surface area contributed by atoms with Gasteiger partial charge in [0.15, 0.2) is 5.76 Å². The number of para-hydroxylation sites is 1. The predicted octanol–water partition coefficient (Wildman–Crippen LogP) is 3.65. The van der Waals surface area contributed by atoms with E-state index in [1.54, 1.807) is 0 Å². The molecule has 2 heterocycles. The van der Waals surface area contributed by atoms with Crippen LogP contribution in [0.1, 0.15) is 12.3 Å². The maximum Gasteiger partial charge on any atom is 0.238 e. The first-order valence-corrected chi connectivity index (χ1v) is 6.28. The Bertz CT molecular complexity index is 627. The molecule has 0 atom stereocenters. The summed E-state index contributed by atoms with van der Waals surface area (Å²) in [4.78, 5) is 4.28. The summed E-state index contributed by atoms with van der Waals surface area (Å²) < 4.78 is 10.8. The van der Waals surface area contributed by atoms with Gasteiger partial charge in [0, 0.05) is 17.7 Å². The van der Waals surface area contributed by atoms with Gasteiger partial charge < -0.3 is 8.94 Å². The van der Waals surface area contributed by atoms with Crippen LogP contribution in [-0.2, 0) is 6.42 Å². The SMILES string of the molecule is ClCCCc1nc(-c2cc3ccccc3o2)no1. The van der Waals surface area contributed by atoms with Gasteiger partial charge >= 0.3 is 0 Å². The van der Waals surface area contributed by atoms with E-state index < -0.39 is 0 Å². The van der Waals surface area contributed by atoms with Crippen LogP contribution in [-0.4, -0.2) is 16.0 Å². The number of aryl methyl sites for hydroxylation is 1. The molecule has 3 aromatic rings. The smallest absolute Gasteiger partial charge is 0.238 e. The largest absolute Gasteiger partial charge is 0.453 e. The number of benzene rings is 1. The van der Waals surface area contributed by atoms with Crippen molar-refractivity contribution in [3.63, 3.8) is 0 Å². The molecular formula is C13H11ClN2O2. The minimum Gasteiger partial charge on any atom is -0.453 e. The molecule has 2 aromatic heterocycles. The molecule has 0 spiro atoms. The highest BCUT2D eigenvalue weighted by Crippen LogP contribution is 2.25. The summed E-state index contributed by atoms with van der Waals surface area (Å²) >= 11 is 5.62. The van der Waals surface area contributed by atoms with Crippen molar-refractivity contribution >= 4 is 22.6 Å². The van der Waals surface area contributed by atoms with Gasteiger partial charge in [-0.15, -0.1) is 11.6 Å². The summed E-state index contributed by atoms with van der Waals surface area (Å²) in [5.74, 6) is 2.28. The molecule has 1 aromatic carbocycles. The zero-order valence-corrected chi connectivity index (χ0v) is 10.4. The fourth-order valence-electron chi connectivity index (χ4n) is 1.77. The van der Waals surface area contributed by atoms with Gasteiger partial charge in [0.05, 0.1) is 0 Å². The highest BCUT2D eigenvalue weighted by Gasteiger charge is 2.12. The normalized spacial score (nSPS) is 11.2. The van der Waals surface area contributed by atoms with E-state index in [9.17, 15) is 0 Å². The molecular weight excluding hydrogens is 252 g/mol. The molecule has 0 aliphatic heterocycles. The molecule has 3 rings (SSSR count). The Morgan fingerprint density at radius 2 is 2.11 bits per heavy atom. The van der Waals surface area contributed by atoms with Crippen molar-refractivity contribution in [1.82, 2.24) is 10.1 Å². The van der Waals surface area contributed by atoms with Crippen molar-refractivity contribution in [3.8, 4) is 11.6 Å². The molecule has 4 nitrogen and oxygen atoms in total. The lowest BCUT2D eigenvalue weighted by Gasteiger charge is -1.87. The lowest BCUT2D eigenvalue weighted by Crippen LogP contribution is -1.85. The van der Waals surface area contributed by atoms with Crippen LogP contribution in [0.3, 0.4) is 0 Å². The highest BCUT2D eigenvalue weighted by atomic mass is 35.5. The monoisotopic (exact) mass is 262 g/mol. The number of fused-ring (bicyclic) bond motifs is 1. The van der Waals surface area contributed by atoms with Crippen LogP contribution in [0.15, 0.2) is 39.3 Å². The highest BCUT2D eigenvalue weighted by molar-refractivity contribution is 6.17. The van der Waals surface area contributed by atoms with Crippen LogP contribution in [0, 0.1) is 0 Å². The summed E-state index contributed by atoms with van der Waals surface area (Å²) in [7, 11) is 0. The molecule has 0 saturated heterocycles. The van der Waals surface area contributed by atoms with E-state index in [1.165, 1.54) is 0 Å². The van der Waals surface area contributed by atoms with E-state index in [0.29, 0.717) is 29.8 Å². The standard InChI is InChI=1S/C13H11ClN2O2/c14-7-3-6-12-15-13(16-18-12)11-8-9-4-1-2-5-10(9)17-11/h1-2,4-5,8H,3,6-7H2. The summed E-state index contributed by atoms with van der Waals surface area (Å²) in [5.41, 5.74) is 0.819. The predicted molar refractivity (Wildman–Crippen MR) is 68.5 cm³/mol. The van der Waals surface area contributed by atoms with Crippen LogP contribution in [0.5, 0.6) is 0 Å². The quantitative estimate of drug-likeness (QED) is 0.674. The van der Waals surface area contributed by atoms with Crippen molar-refractivity contribution in [2.75, 3.05) is 5.88 Å². The molecule has 0 amide bonds. The van der Waals surface area contributed by atoms with Gasteiger partial charge in [-0.05, 0) is 18.6 Å². The van der Waals surface area contributed by atoms with E-state index >= 15 is 0 Å². The molecule has 0 N–H and O–H groups in total.